The lowest BCUT2D eigenvalue weighted by molar-refractivity contribution is 0.243. The van der Waals surface area contributed by atoms with Crippen molar-refractivity contribution in [2.24, 2.45) is 5.92 Å². The molecule has 3 heteroatoms. The molecule has 0 aromatic carbocycles. The first-order chi connectivity index (χ1) is 8.25. The zero-order valence-corrected chi connectivity index (χ0v) is 10.8. The summed E-state index contributed by atoms with van der Waals surface area (Å²) < 4.78 is 5.74. The molecule has 1 N–H and O–H groups in total. The van der Waals surface area contributed by atoms with Crippen molar-refractivity contribution in [3.8, 4) is 5.75 Å². The van der Waals surface area contributed by atoms with Crippen LogP contribution in [0.2, 0.25) is 0 Å². The Morgan fingerprint density at radius 3 is 2.88 bits per heavy atom. The van der Waals surface area contributed by atoms with Crippen molar-refractivity contribution < 1.29 is 4.74 Å². The zero-order chi connectivity index (χ0) is 12.1. The molecule has 0 radical (unpaired) electrons. The minimum atomic E-state index is 0.186. The van der Waals surface area contributed by atoms with Gasteiger partial charge in [0.25, 0.3) is 0 Å². The third-order valence-electron chi connectivity index (χ3n) is 3.17. The van der Waals surface area contributed by atoms with Crippen molar-refractivity contribution in [3.05, 3.63) is 18.3 Å². The summed E-state index contributed by atoms with van der Waals surface area (Å²) in [5, 5.41) is 3.42. The van der Waals surface area contributed by atoms with E-state index in [-0.39, 0.29) is 6.10 Å². The maximum atomic E-state index is 5.74. The molecule has 1 fully saturated rings. The summed E-state index contributed by atoms with van der Waals surface area (Å²) in [6.07, 6.45) is 7.45. The largest absolute Gasteiger partial charge is 0.487 e. The van der Waals surface area contributed by atoms with Gasteiger partial charge in [-0.15, -0.1) is 0 Å². The zero-order valence-electron chi connectivity index (χ0n) is 10.8. The van der Waals surface area contributed by atoms with Gasteiger partial charge < -0.3 is 10.1 Å². The summed E-state index contributed by atoms with van der Waals surface area (Å²) in [7, 11) is 0. The Morgan fingerprint density at radius 1 is 1.41 bits per heavy atom. The molecule has 0 bridgehead atoms. The molecule has 94 valence electrons. The molecule has 1 saturated carbocycles. The van der Waals surface area contributed by atoms with E-state index >= 15 is 0 Å². The van der Waals surface area contributed by atoms with Crippen LogP contribution in [0.3, 0.4) is 0 Å². The Hall–Kier alpha value is -1.25. The number of anilines is 1. The van der Waals surface area contributed by atoms with E-state index in [1.165, 1.54) is 25.7 Å². The second-order valence-corrected chi connectivity index (χ2v) is 5.05. The predicted molar refractivity (Wildman–Crippen MR) is 70.4 cm³/mol. The van der Waals surface area contributed by atoms with Crippen LogP contribution in [0.1, 0.15) is 39.5 Å². The first-order valence-electron chi connectivity index (χ1n) is 6.61. The van der Waals surface area contributed by atoms with Crippen molar-refractivity contribution >= 4 is 5.82 Å². The van der Waals surface area contributed by atoms with E-state index in [9.17, 15) is 0 Å². The molecule has 0 amide bonds. The summed E-state index contributed by atoms with van der Waals surface area (Å²) in [6.45, 7) is 5.09. The van der Waals surface area contributed by atoms with Gasteiger partial charge in [-0.2, -0.15) is 0 Å². The molecule has 0 saturated heterocycles. The van der Waals surface area contributed by atoms with Crippen molar-refractivity contribution in [2.75, 3.05) is 11.9 Å². The first-order valence-corrected chi connectivity index (χ1v) is 6.61. The number of pyridine rings is 1. The van der Waals surface area contributed by atoms with E-state index in [0.29, 0.717) is 0 Å². The lowest BCUT2D eigenvalue weighted by Gasteiger charge is -2.16. The van der Waals surface area contributed by atoms with Gasteiger partial charge in [0.15, 0.2) is 11.6 Å². The van der Waals surface area contributed by atoms with Gasteiger partial charge >= 0.3 is 0 Å². The normalized spacial score (nSPS) is 16.4. The summed E-state index contributed by atoms with van der Waals surface area (Å²) >= 11 is 0. The minimum Gasteiger partial charge on any atom is -0.487 e. The third-order valence-corrected chi connectivity index (χ3v) is 3.17. The standard InChI is InChI=1S/C14H22N2O/c1-11(2)17-13-8-5-9-15-14(13)16-10-12-6-3-4-7-12/h5,8-9,11-12H,3-4,6-7,10H2,1-2H3,(H,15,16). The Balaban J connectivity index is 1.94. The average Bonchev–Trinajstić information content (AvgIpc) is 2.80. The SMILES string of the molecule is CC(C)Oc1cccnc1NCC1CCCC1. The highest BCUT2D eigenvalue weighted by Crippen LogP contribution is 2.27. The van der Waals surface area contributed by atoms with Gasteiger partial charge in [-0.05, 0) is 44.7 Å². The maximum absolute atomic E-state index is 5.74. The Kier molecular flexibility index (Phi) is 4.24. The summed E-state index contributed by atoms with van der Waals surface area (Å²) in [5.41, 5.74) is 0. The smallest absolute Gasteiger partial charge is 0.168 e. The number of ether oxygens (including phenoxy) is 1. The number of nitrogens with one attached hydrogen (secondary N) is 1. The van der Waals surface area contributed by atoms with Crippen LogP contribution in [0.15, 0.2) is 18.3 Å². The molecule has 3 nitrogen and oxygen atoms in total. The molecule has 17 heavy (non-hydrogen) atoms. The van der Waals surface area contributed by atoms with E-state index in [0.717, 1.165) is 24.0 Å². The summed E-state index contributed by atoms with van der Waals surface area (Å²) in [6, 6.07) is 3.89. The molecule has 0 aliphatic heterocycles. The maximum Gasteiger partial charge on any atom is 0.168 e. The molecule has 1 aromatic rings. The average molecular weight is 234 g/mol. The summed E-state index contributed by atoms with van der Waals surface area (Å²) in [5.74, 6) is 2.55. The van der Waals surface area contributed by atoms with Gasteiger partial charge in [0.05, 0.1) is 6.10 Å². The fourth-order valence-electron chi connectivity index (χ4n) is 2.33. The fraction of sp³-hybridized carbons (Fsp3) is 0.643. The van der Waals surface area contributed by atoms with Crippen LogP contribution in [0, 0.1) is 5.92 Å². The van der Waals surface area contributed by atoms with E-state index < -0.39 is 0 Å². The fourth-order valence-corrected chi connectivity index (χ4v) is 2.33. The first kappa shape index (κ1) is 12.2. The quantitative estimate of drug-likeness (QED) is 0.847. The van der Waals surface area contributed by atoms with E-state index in [2.05, 4.69) is 10.3 Å². The van der Waals surface area contributed by atoms with Crippen LogP contribution < -0.4 is 10.1 Å². The molecule has 1 aromatic heterocycles. The van der Waals surface area contributed by atoms with Crippen molar-refractivity contribution in [2.45, 2.75) is 45.6 Å². The van der Waals surface area contributed by atoms with Crippen LogP contribution in [0.4, 0.5) is 5.82 Å². The second-order valence-electron chi connectivity index (χ2n) is 5.05. The lowest BCUT2D eigenvalue weighted by atomic mass is 10.1. The van der Waals surface area contributed by atoms with Crippen LogP contribution >= 0.6 is 0 Å². The highest BCUT2D eigenvalue weighted by molar-refractivity contribution is 5.49. The van der Waals surface area contributed by atoms with Gasteiger partial charge in [-0.3, -0.25) is 0 Å². The van der Waals surface area contributed by atoms with Gasteiger partial charge in [-0.25, -0.2) is 4.98 Å². The van der Waals surface area contributed by atoms with Crippen LogP contribution in [0.5, 0.6) is 5.75 Å². The summed E-state index contributed by atoms with van der Waals surface area (Å²) in [4.78, 5) is 4.36. The van der Waals surface area contributed by atoms with Crippen molar-refractivity contribution in [1.82, 2.24) is 4.98 Å². The highest BCUT2D eigenvalue weighted by Gasteiger charge is 2.15. The molecule has 0 atom stereocenters. The molecule has 0 spiro atoms. The topological polar surface area (TPSA) is 34.1 Å². The lowest BCUT2D eigenvalue weighted by Crippen LogP contribution is -2.14. The Morgan fingerprint density at radius 2 is 2.18 bits per heavy atom. The number of nitrogens with zero attached hydrogens (tertiary/aromatic N) is 1. The molecule has 1 aliphatic rings. The van der Waals surface area contributed by atoms with Crippen LogP contribution in [-0.4, -0.2) is 17.6 Å². The van der Waals surface area contributed by atoms with Crippen molar-refractivity contribution in [1.29, 1.82) is 0 Å². The van der Waals surface area contributed by atoms with Gasteiger partial charge in [-0.1, -0.05) is 12.8 Å². The number of aromatic nitrogens is 1. The van der Waals surface area contributed by atoms with E-state index in [1.54, 1.807) is 0 Å². The molecule has 1 aliphatic carbocycles. The van der Waals surface area contributed by atoms with Gasteiger partial charge in [0.1, 0.15) is 0 Å². The molecule has 1 heterocycles. The minimum absolute atomic E-state index is 0.186. The third kappa shape index (κ3) is 3.62. The Bertz CT molecular complexity index is 346. The molecule has 0 unspecified atom stereocenters. The van der Waals surface area contributed by atoms with Crippen molar-refractivity contribution in [3.63, 3.8) is 0 Å². The molecular formula is C14H22N2O. The molecular weight excluding hydrogens is 212 g/mol. The monoisotopic (exact) mass is 234 g/mol. The second kappa shape index (κ2) is 5.89. The van der Waals surface area contributed by atoms with Gasteiger partial charge in [0, 0.05) is 12.7 Å². The van der Waals surface area contributed by atoms with E-state index in [1.807, 2.05) is 32.2 Å². The van der Waals surface area contributed by atoms with Crippen LogP contribution in [-0.2, 0) is 0 Å². The van der Waals surface area contributed by atoms with Crippen LogP contribution in [0.25, 0.3) is 0 Å². The van der Waals surface area contributed by atoms with Gasteiger partial charge in [0.2, 0.25) is 0 Å². The predicted octanol–water partition coefficient (Wildman–Crippen LogP) is 3.47. The van der Waals surface area contributed by atoms with E-state index in [4.69, 9.17) is 4.74 Å². The Labute approximate surface area is 104 Å². The number of hydrogen-bond donors (Lipinski definition) is 1. The number of rotatable bonds is 5. The molecule has 2 rings (SSSR count). The number of hydrogen-bond acceptors (Lipinski definition) is 3. The highest BCUT2D eigenvalue weighted by atomic mass is 16.5.